The summed E-state index contributed by atoms with van der Waals surface area (Å²) in [5, 5.41) is 8.60. The average molecular weight is 357 g/mol. The summed E-state index contributed by atoms with van der Waals surface area (Å²) < 4.78 is 1.73. The second-order valence-electron chi connectivity index (χ2n) is 6.16. The summed E-state index contributed by atoms with van der Waals surface area (Å²) in [6.07, 6.45) is 6.70. The van der Waals surface area contributed by atoms with Gasteiger partial charge in [0.05, 0.1) is 0 Å². The van der Waals surface area contributed by atoms with Crippen LogP contribution in [0.1, 0.15) is 31.2 Å². The molecule has 1 N–H and O–H groups in total. The van der Waals surface area contributed by atoms with Gasteiger partial charge in [-0.3, -0.25) is 4.79 Å². The Balaban J connectivity index is 1.68. The highest BCUT2D eigenvalue weighted by atomic mass is 35.5. The van der Waals surface area contributed by atoms with E-state index in [4.69, 9.17) is 11.6 Å². The van der Waals surface area contributed by atoms with Gasteiger partial charge in [0.15, 0.2) is 0 Å². The van der Waals surface area contributed by atoms with Gasteiger partial charge in [0.1, 0.15) is 17.1 Å². The van der Waals surface area contributed by atoms with Crippen LogP contribution in [0.25, 0.3) is 6.08 Å². The molecule has 3 rings (SSSR count). The first-order valence-corrected chi connectivity index (χ1v) is 8.76. The number of Topliss-reactive ketones (excluding diaryl/α,β-unsaturated/α-hetero) is 1. The lowest BCUT2D eigenvalue weighted by Gasteiger charge is -2.22. The topological polar surface area (TPSA) is 59.3 Å². The van der Waals surface area contributed by atoms with Crippen molar-refractivity contribution in [2.75, 3.05) is 5.32 Å². The number of aryl methyl sites for hydroxylation is 1. The lowest BCUT2D eigenvalue weighted by atomic mass is 9.94. The van der Waals surface area contributed by atoms with E-state index in [1.807, 2.05) is 49.5 Å². The molecule has 0 amide bonds. The monoisotopic (exact) mass is 356 g/mol. The fraction of sp³-hybridized carbons (Fsp3) is 0.316. The molecule has 6 heteroatoms. The van der Waals surface area contributed by atoms with Gasteiger partial charge in [-0.2, -0.15) is 5.10 Å². The molecule has 0 atom stereocenters. The molecule has 130 valence electrons. The molecular formula is C19H21ClN4O. The highest BCUT2D eigenvalue weighted by molar-refractivity contribution is 6.30. The average Bonchev–Trinajstić information content (AvgIpc) is 2.59. The zero-order valence-corrected chi connectivity index (χ0v) is 14.9. The zero-order valence-electron chi connectivity index (χ0n) is 14.2. The van der Waals surface area contributed by atoms with Gasteiger partial charge in [-0.1, -0.05) is 23.7 Å². The molecule has 1 aromatic heterocycles. The third kappa shape index (κ3) is 5.03. The van der Waals surface area contributed by atoms with Crippen molar-refractivity contribution >= 4 is 29.3 Å². The Hall–Kier alpha value is -2.40. The van der Waals surface area contributed by atoms with Gasteiger partial charge < -0.3 is 5.32 Å². The number of nitrogens with one attached hydrogen (secondary N) is 1. The van der Waals surface area contributed by atoms with Crippen molar-refractivity contribution in [2.24, 2.45) is 12.0 Å². The van der Waals surface area contributed by atoms with Crippen LogP contribution < -0.4 is 10.8 Å². The summed E-state index contributed by atoms with van der Waals surface area (Å²) in [5.74, 6) is 1.16. The van der Waals surface area contributed by atoms with Gasteiger partial charge >= 0.3 is 0 Å². The first-order chi connectivity index (χ1) is 12.1. The molecule has 0 unspecified atom stereocenters. The van der Waals surface area contributed by atoms with Crippen LogP contribution in [-0.2, 0) is 11.8 Å². The van der Waals surface area contributed by atoms with E-state index in [1.54, 1.807) is 10.9 Å². The molecule has 0 bridgehead atoms. The lowest BCUT2D eigenvalue weighted by Crippen LogP contribution is -2.28. The molecule has 0 radical (unpaired) electrons. The molecule has 1 aliphatic carbocycles. The standard InChI is InChI=1S/C19H21ClN4O/c1-24-19(21-12-11-14-3-2-4-15(20)13-14)10-9-18(23-24)22-16-5-7-17(25)8-6-16/h2-4,9-13,16H,5-8H2,1H3,(H,22,23)/b12-11+,21-19?. The largest absolute Gasteiger partial charge is 0.366 e. The van der Waals surface area contributed by atoms with Crippen molar-refractivity contribution in [1.82, 2.24) is 9.78 Å². The number of anilines is 1. The quantitative estimate of drug-likeness (QED) is 0.911. The summed E-state index contributed by atoms with van der Waals surface area (Å²) in [7, 11) is 1.86. The molecule has 1 aliphatic rings. The van der Waals surface area contributed by atoms with Crippen LogP contribution in [0, 0.1) is 0 Å². The van der Waals surface area contributed by atoms with Crippen LogP contribution in [0.4, 0.5) is 5.82 Å². The summed E-state index contributed by atoms with van der Waals surface area (Å²) >= 11 is 5.97. The predicted molar refractivity (Wildman–Crippen MR) is 100 cm³/mol. The lowest BCUT2D eigenvalue weighted by molar-refractivity contribution is -0.120. The number of aromatic nitrogens is 2. The van der Waals surface area contributed by atoms with Gasteiger partial charge in [0.25, 0.3) is 0 Å². The molecule has 1 saturated carbocycles. The number of ketones is 1. The highest BCUT2D eigenvalue weighted by Gasteiger charge is 2.18. The normalized spacial score (nSPS) is 16.6. The Morgan fingerprint density at radius 2 is 2.08 bits per heavy atom. The number of hydrogen-bond acceptors (Lipinski definition) is 4. The minimum atomic E-state index is 0.315. The van der Waals surface area contributed by atoms with E-state index in [0.29, 0.717) is 29.7 Å². The number of rotatable bonds is 4. The molecule has 0 aliphatic heterocycles. The fourth-order valence-corrected chi connectivity index (χ4v) is 3.01. The first kappa shape index (κ1) is 17.4. The fourth-order valence-electron chi connectivity index (χ4n) is 2.81. The maximum Gasteiger partial charge on any atom is 0.148 e. The van der Waals surface area contributed by atoms with Gasteiger partial charge in [-0.15, -0.1) is 0 Å². The molecule has 1 aromatic carbocycles. The van der Waals surface area contributed by atoms with E-state index in [9.17, 15) is 4.79 Å². The molecule has 0 saturated heterocycles. The smallest absolute Gasteiger partial charge is 0.148 e. The van der Waals surface area contributed by atoms with Gasteiger partial charge in [0.2, 0.25) is 0 Å². The van der Waals surface area contributed by atoms with Gasteiger partial charge in [-0.25, -0.2) is 9.67 Å². The second-order valence-corrected chi connectivity index (χ2v) is 6.59. The first-order valence-electron chi connectivity index (χ1n) is 8.39. The summed E-state index contributed by atoms with van der Waals surface area (Å²) in [6.45, 7) is 0. The number of nitrogens with zero attached hydrogens (tertiary/aromatic N) is 3. The van der Waals surface area contributed by atoms with E-state index >= 15 is 0 Å². The zero-order chi connectivity index (χ0) is 17.6. The third-order valence-electron chi connectivity index (χ3n) is 4.20. The molecule has 1 heterocycles. The predicted octanol–water partition coefficient (Wildman–Crippen LogP) is 3.57. The Morgan fingerprint density at radius 3 is 2.80 bits per heavy atom. The van der Waals surface area contributed by atoms with E-state index in [0.717, 1.165) is 29.7 Å². The van der Waals surface area contributed by atoms with Crippen molar-refractivity contribution in [2.45, 2.75) is 31.7 Å². The van der Waals surface area contributed by atoms with E-state index in [1.165, 1.54) is 0 Å². The maximum atomic E-state index is 11.3. The van der Waals surface area contributed by atoms with E-state index in [-0.39, 0.29) is 0 Å². The Kier molecular flexibility index (Phi) is 5.66. The van der Waals surface area contributed by atoms with Crippen LogP contribution in [0.15, 0.2) is 47.6 Å². The minimum Gasteiger partial charge on any atom is -0.366 e. The van der Waals surface area contributed by atoms with Crippen LogP contribution >= 0.6 is 11.6 Å². The van der Waals surface area contributed by atoms with Crippen LogP contribution in [0.5, 0.6) is 0 Å². The van der Waals surface area contributed by atoms with Crippen molar-refractivity contribution in [1.29, 1.82) is 0 Å². The summed E-state index contributed by atoms with van der Waals surface area (Å²) in [6, 6.07) is 11.8. The number of halogens is 1. The molecule has 25 heavy (non-hydrogen) atoms. The van der Waals surface area contributed by atoms with Crippen LogP contribution in [0.2, 0.25) is 5.02 Å². The molecule has 5 nitrogen and oxygen atoms in total. The van der Waals surface area contributed by atoms with Crippen molar-refractivity contribution in [3.05, 3.63) is 58.7 Å². The maximum absolute atomic E-state index is 11.3. The number of benzene rings is 1. The summed E-state index contributed by atoms with van der Waals surface area (Å²) in [5.41, 5.74) is 1.75. The Bertz CT molecular complexity index is 846. The highest BCUT2D eigenvalue weighted by Crippen LogP contribution is 2.18. The number of hydrogen-bond donors (Lipinski definition) is 1. The Labute approximate surface area is 152 Å². The third-order valence-corrected chi connectivity index (χ3v) is 4.43. The SMILES string of the molecule is Cn1nc(NC2CCC(=O)CC2)ccc1=N/C=C/c1cccc(Cl)c1. The molecular weight excluding hydrogens is 336 g/mol. The number of carbonyl (C=O) groups is 1. The minimum absolute atomic E-state index is 0.315. The molecule has 0 spiro atoms. The van der Waals surface area contributed by atoms with Crippen molar-refractivity contribution in [3.63, 3.8) is 0 Å². The van der Waals surface area contributed by atoms with E-state index in [2.05, 4.69) is 15.4 Å². The second kappa shape index (κ2) is 8.12. The number of carbonyl (C=O) groups excluding carboxylic acids is 1. The summed E-state index contributed by atoms with van der Waals surface area (Å²) in [4.78, 5) is 15.7. The molecule has 2 aromatic rings. The van der Waals surface area contributed by atoms with Gasteiger partial charge in [0, 0.05) is 37.2 Å². The van der Waals surface area contributed by atoms with Crippen molar-refractivity contribution in [3.8, 4) is 0 Å². The molecule has 1 fully saturated rings. The van der Waals surface area contributed by atoms with E-state index < -0.39 is 0 Å². The van der Waals surface area contributed by atoms with Crippen LogP contribution in [0.3, 0.4) is 0 Å². The van der Waals surface area contributed by atoms with Gasteiger partial charge in [-0.05, 0) is 48.7 Å². The van der Waals surface area contributed by atoms with Crippen molar-refractivity contribution < 1.29 is 4.79 Å². The Morgan fingerprint density at radius 1 is 1.28 bits per heavy atom. The van der Waals surface area contributed by atoms with Crippen LogP contribution in [-0.4, -0.2) is 21.6 Å².